The zero-order valence-electron chi connectivity index (χ0n) is 15.3. The van der Waals surface area contributed by atoms with Gasteiger partial charge in [-0.25, -0.2) is 0 Å². The number of hydrogen-bond donors (Lipinski definition) is 2. The molecule has 140 valence electrons. The second kappa shape index (κ2) is 7.37. The molecule has 1 aromatic heterocycles. The van der Waals surface area contributed by atoms with Gasteiger partial charge in [-0.15, -0.1) is 0 Å². The van der Waals surface area contributed by atoms with Crippen LogP contribution in [0.1, 0.15) is 0 Å². The Bertz CT molecular complexity index is 1230. The molecule has 0 saturated heterocycles. The molecule has 0 aliphatic carbocycles. The third-order valence-corrected chi connectivity index (χ3v) is 4.85. The van der Waals surface area contributed by atoms with Crippen molar-refractivity contribution < 1.29 is 0 Å². The summed E-state index contributed by atoms with van der Waals surface area (Å²) in [7, 11) is 0. The Kier molecular flexibility index (Phi) is 4.42. The fourth-order valence-electron chi connectivity index (χ4n) is 3.37. The van der Waals surface area contributed by atoms with E-state index in [-0.39, 0.29) is 5.28 Å². The number of fused-ring (bicyclic) bond motifs is 2. The Labute approximate surface area is 172 Å². The van der Waals surface area contributed by atoms with Crippen molar-refractivity contribution in [1.29, 1.82) is 0 Å². The van der Waals surface area contributed by atoms with E-state index in [1.54, 1.807) is 0 Å². The summed E-state index contributed by atoms with van der Waals surface area (Å²) in [6.45, 7) is 0. The Morgan fingerprint density at radius 3 is 1.48 bits per heavy atom. The third-order valence-electron chi connectivity index (χ3n) is 4.68. The number of anilines is 4. The highest BCUT2D eigenvalue weighted by Gasteiger charge is 2.09. The molecule has 2 N–H and O–H groups in total. The first-order valence-electron chi connectivity index (χ1n) is 9.17. The number of hydrogen-bond acceptors (Lipinski definition) is 5. The van der Waals surface area contributed by atoms with E-state index >= 15 is 0 Å². The van der Waals surface area contributed by atoms with Crippen molar-refractivity contribution in [3.8, 4) is 0 Å². The van der Waals surface area contributed by atoms with Crippen LogP contribution in [0.2, 0.25) is 5.28 Å². The Morgan fingerprint density at radius 2 is 0.966 bits per heavy atom. The first kappa shape index (κ1) is 17.4. The Balaban J connectivity index is 1.50. The van der Waals surface area contributed by atoms with Crippen LogP contribution < -0.4 is 10.6 Å². The van der Waals surface area contributed by atoms with E-state index in [1.165, 1.54) is 0 Å². The standard InChI is InChI=1S/C23H16ClN5/c24-21-27-22(25-19-13-5-9-15-7-1-3-11-17(15)19)29-23(28-21)26-20-14-6-10-16-8-2-4-12-18(16)20/h1-14H,(H2,25,26,27,28,29). The number of aromatic nitrogens is 3. The summed E-state index contributed by atoms with van der Waals surface area (Å²) in [6, 6.07) is 28.3. The van der Waals surface area contributed by atoms with E-state index < -0.39 is 0 Å². The third kappa shape index (κ3) is 3.56. The lowest BCUT2D eigenvalue weighted by atomic mass is 10.1. The van der Waals surface area contributed by atoms with Crippen molar-refractivity contribution in [3.63, 3.8) is 0 Å². The molecule has 6 heteroatoms. The molecule has 0 aliphatic heterocycles. The van der Waals surface area contributed by atoms with Crippen molar-refractivity contribution in [2.24, 2.45) is 0 Å². The van der Waals surface area contributed by atoms with Crippen LogP contribution in [0.25, 0.3) is 21.5 Å². The lowest BCUT2D eigenvalue weighted by Gasteiger charge is -2.11. The molecular weight excluding hydrogens is 382 g/mol. The predicted octanol–water partition coefficient (Wildman–Crippen LogP) is 6.32. The first-order chi connectivity index (χ1) is 14.3. The van der Waals surface area contributed by atoms with E-state index in [9.17, 15) is 0 Å². The molecule has 4 aromatic carbocycles. The average molecular weight is 398 g/mol. The molecule has 5 aromatic rings. The molecule has 5 rings (SSSR count). The number of rotatable bonds is 4. The van der Waals surface area contributed by atoms with Crippen molar-refractivity contribution in [1.82, 2.24) is 15.0 Å². The lowest BCUT2D eigenvalue weighted by molar-refractivity contribution is 1.06. The van der Waals surface area contributed by atoms with E-state index in [1.807, 2.05) is 48.5 Å². The highest BCUT2D eigenvalue weighted by Crippen LogP contribution is 2.28. The first-order valence-corrected chi connectivity index (χ1v) is 9.55. The van der Waals surface area contributed by atoms with Gasteiger partial charge in [0.1, 0.15) is 0 Å². The summed E-state index contributed by atoms with van der Waals surface area (Å²) in [4.78, 5) is 13.0. The van der Waals surface area contributed by atoms with Crippen LogP contribution in [-0.2, 0) is 0 Å². The van der Waals surface area contributed by atoms with E-state index in [4.69, 9.17) is 11.6 Å². The predicted molar refractivity (Wildman–Crippen MR) is 119 cm³/mol. The van der Waals surface area contributed by atoms with Crippen molar-refractivity contribution >= 4 is 56.4 Å². The second-order valence-electron chi connectivity index (χ2n) is 6.56. The van der Waals surface area contributed by atoms with Crippen LogP contribution >= 0.6 is 11.6 Å². The van der Waals surface area contributed by atoms with Gasteiger partial charge in [-0.2, -0.15) is 15.0 Å². The maximum atomic E-state index is 6.18. The largest absolute Gasteiger partial charge is 0.323 e. The monoisotopic (exact) mass is 397 g/mol. The number of benzene rings is 4. The minimum Gasteiger partial charge on any atom is -0.323 e. The number of nitrogens with zero attached hydrogens (tertiary/aromatic N) is 3. The molecule has 5 nitrogen and oxygen atoms in total. The maximum absolute atomic E-state index is 6.18. The fraction of sp³-hybridized carbons (Fsp3) is 0. The molecule has 0 aliphatic rings. The van der Waals surface area contributed by atoms with Crippen LogP contribution in [0.3, 0.4) is 0 Å². The number of nitrogens with one attached hydrogen (secondary N) is 2. The Morgan fingerprint density at radius 1 is 0.517 bits per heavy atom. The molecule has 0 bridgehead atoms. The summed E-state index contributed by atoms with van der Waals surface area (Å²) in [5.74, 6) is 0.758. The zero-order chi connectivity index (χ0) is 19.6. The van der Waals surface area contributed by atoms with Crippen LogP contribution in [-0.4, -0.2) is 15.0 Å². The zero-order valence-corrected chi connectivity index (χ0v) is 16.1. The highest BCUT2D eigenvalue weighted by molar-refractivity contribution is 6.28. The smallest absolute Gasteiger partial charge is 0.233 e. The van der Waals surface area contributed by atoms with Gasteiger partial charge in [0.2, 0.25) is 17.2 Å². The highest BCUT2D eigenvalue weighted by atomic mass is 35.5. The van der Waals surface area contributed by atoms with Gasteiger partial charge in [0.25, 0.3) is 0 Å². The average Bonchev–Trinajstić information content (AvgIpc) is 2.74. The molecular formula is C23H16ClN5. The minimum absolute atomic E-state index is 0.116. The van der Waals surface area contributed by atoms with E-state index in [2.05, 4.69) is 62.0 Å². The van der Waals surface area contributed by atoms with Gasteiger partial charge in [0, 0.05) is 22.1 Å². The van der Waals surface area contributed by atoms with Crippen LogP contribution in [0.4, 0.5) is 23.3 Å². The Hall–Kier alpha value is -3.70. The van der Waals surface area contributed by atoms with E-state index in [0.29, 0.717) is 11.9 Å². The molecule has 0 amide bonds. The van der Waals surface area contributed by atoms with Gasteiger partial charge in [0.05, 0.1) is 0 Å². The summed E-state index contributed by atoms with van der Waals surface area (Å²) in [5.41, 5.74) is 1.81. The van der Waals surface area contributed by atoms with Crippen molar-refractivity contribution in [3.05, 3.63) is 90.2 Å². The molecule has 0 atom stereocenters. The summed E-state index contributed by atoms with van der Waals surface area (Å²) in [6.07, 6.45) is 0. The molecule has 0 radical (unpaired) electrons. The summed E-state index contributed by atoms with van der Waals surface area (Å²) in [5, 5.41) is 11.1. The fourth-order valence-corrected chi connectivity index (χ4v) is 3.53. The summed E-state index contributed by atoms with van der Waals surface area (Å²) < 4.78 is 0. The SMILES string of the molecule is Clc1nc(Nc2cccc3ccccc23)nc(Nc2cccc3ccccc23)n1. The van der Waals surface area contributed by atoms with Gasteiger partial charge in [-0.05, 0) is 34.5 Å². The minimum atomic E-state index is 0.116. The second-order valence-corrected chi connectivity index (χ2v) is 6.89. The number of halogens is 1. The molecule has 0 spiro atoms. The maximum Gasteiger partial charge on any atom is 0.233 e. The van der Waals surface area contributed by atoms with Crippen LogP contribution in [0.15, 0.2) is 84.9 Å². The molecule has 0 unspecified atom stereocenters. The topological polar surface area (TPSA) is 62.7 Å². The molecule has 0 saturated carbocycles. The normalized spacial score (nSPS) is 10.9. The van der Waals surface area contributed by atoms with E-state index in [0.717, 1.165) is 32.9 Å². The van der Waals surface area contributed by atoms with Crippen LogP contribution in [0.5, 0.6) is 0 Å². The molecule has 1 heterocycles. The quantitative estimate of drug-likeness (QED) is 0.371. The van der Waals surface area contributed by atoms with Gasteiger partial charge in [-0.1, -0.05) is 72.8 Å². The molecule has 0 fully saturated rings. The van der Waals surface area contributed by atoms with Gasteiger partial charge < -0.3 is 10.6 Å². The van der Waals surface area contributed by atoms with Crippen molar-refractivity contribution in [2.45, 2.75) is 0 Å². The summed E-state index contributed by atoms with van der Waals surface area (Å²) >= 11 is 6.18. The van der Waals surface area contributed by atoms with Crippen molar-refractivity contribution in [2.75, 3.05) is 10.6 Å². The lowest BCUT2D eigenvalue weighted by Crippen LogP contribution is -2.04. The molecule has 29 heavy (non-hydrogen) atoms. The van der Waals surface area contributed by atoms with Gasteiger partial charge >= 0.3 is 0 Å². The van der Waals surface area contributed by atoms with Gasteiger partial charge in [-0.3, -0.25) is 0 Å². The van der Waals surface area contributed by atoms with Crippen LogP contribution in [0, 0.1) is 0 Å². The van der Waals surface area contributed by atoms with Gasteiger partial charge in [0.15, 0.2) is 0 Å².